The van der Waals surface area contributed by atoms with Gasteiger partial charge in [-0.1, -0.05) is 40.0 Å². The molecule has 0 aliphatic heterocycles. The van der Waals surface area contributed by atoms with Gasteiger partial charge in [-0.2, -0.15) is 9.98 Å². The van der Waals surface area contributed by atoms with E-state index in [1.165, 1.54) is 12.2 Å². The number of nitrogens with zero attached hydrogens (tertiary/aromatic N) is 2. The molecule has 0 saturated heterocycles. The van der Waals surface area contributed by atoms with Crippen LogP contribution >= 0.6 is 0 Å². The molecule has 0 unspecified atom stereocenters. The van der Waals surface area contributed by atoms with Gasteiger partial charge in [0.05, 0.1) is 0 Å². The first-order valence-corrected chi connectivity index (χ1v) is 5.22. The van der Waals surface area contributed by atoms with E-state index in [9.17, 15) is 9.59 Å². The minimum atomic E-state index is -0.649. The highest BCUT2D eigenvalue weighted by Crippen LogP contribution is 2.30. The number of isocyanates is 2. The summed E-state index contributed by atoms with van der Waals surface area (Å²) in [5.41, 5.74) is -0.288. The van der Waals surface area contributed by atoms with Crippen molar-refractivity contribution in [1.29, 1.82) is 0 Å². The van der Waals surface area contributed by atoms with E-state index in [4.69, 9.17) is 0 Å². The largest absolute Gasteiger partial charge is 0.237 e. The molecule has 15 heavy (non-hydrogen) atoms. The maximum atomic E-state index is 10.2. The maximum Gasteiger partial charge on any atom is 0.237 e. The van der Waals surface area contributed by atoms with Gasteiger partial charge in [0.1, 0.15) is 0 Å². The highest BCUT2D eigenvalue weighted by atomic mass is 16.1. The van der Waals surface area contributed by atoms with Gasteiger partial charge in [-0.25, -0.2) is 9.59 Å². The van der Waals surface area contributed by atoms with Crippen molar-refractivity contribution in [3.8, 4) is 0 Å². The monoisotopic (exact) mass is 210 g/mol. The molecule has 0 atom stereocenters. The number of carbonyl (C=O) groups excluding carboxylic acids is 2. The first kappa shape index (κ1) is 13.8. The molecule has 4 heteroatoms. The number of rotatable bonds is 7. The smallest absolute Gasteiger partial charge is 0.211 e. The third kappa shape index (κ3) is 5.26. The second-order valence-electron chi connectivity index (χ2n) is 4.26. The third-order valence-corrected chi connectivity index (χ3v) is 2.47. The van der Waals surface area contributed by atoms with Crippen molar-refractivity contribution < 1.29 is 9.59 Å². The molecule has 0 aromatic heterocycles. The normalized spacial score (nSPS) is 12.5. The summed E-state index contributed by atoms with van der Waals surface area (Å²) in [4.78, 5) is 27.4. The Morgan fingerprint density at radius 2 is 1.67 bits per heavy atom. The molecule has 0 heterocycles. The summed E-state index contributed by atoms with van der Waals surface area (Å²) in [5, 5.41) is 0. The lowest BCUT2D eigenvalue weighted by atomic mass is 9.84. The lowest BCUT2D eigenvalue weighted by Crippen LogP contribution is -2.26. The van der Waals surface area contributed by atoms with E-state index in [0.29, 0.717) is 0 Å². The van der Waals surface area contributed by atoms with Gasteiger partial charge in [0.2, 0.25) is 12.2 Å². The van der Waals surface area contributed by atoms with Gasteiger partial charge in [0.25, 0.3) is 0 Å². The first-order chi connectivity index (χ1) is 7.08. The van der Waals surface area contributed by atoms with Gasteiger partial charge in [0, 0.05) is 5.41 Å². The molecule has 0 radical (unpaired) electrons. The Hall–Kier alpha value is -1.24. The van der Waals surface area contributed by atoms with Crippen LogP contribution in [0.2, 0.25) is 0 Å². The predicted molar refractivity (Wildman–Crippen MR) is 58.0 cm³/mol. The number of hydrogen-bond acceptors (Lipinski definition) is 4. The van der Waals surface area contributed by atoms with Gasteiger partial charge >= 0.3 is 0 Å². The minimum absolute atomic E-state index is 0.288. The molecule has 0 aromatic carbocycles. The van der Waals surface area contributed by atoms with E-state index in [1.807, 2.05) is 13.8 Å². The second kappa shape index (κ2) is 7.10. The molecule has 0 rings (SSSR count). The molecular formula is C11H18N2O2. The Balaban J connectivity index is 4.48. The van der Waals surface area contributed by atoms with E-state index in [-0.39, 0.29) is 5.41 Å². The molecule has 0 spiro atoms. The molecule has 0 aliphatic rings. The average molecular weight is 210 g/mol. The summed E-state index contributed by atoms with van der Waals surface area (Å²) in [6, 6.07) is 0. The van der Waals surface area contributed by atoms with E-state index >= 15 is 0 Å². The molecule has 0 aliphatic carbocycles. The van der Waals surface area contributed by atoms with Crippen molar-refractivity contribution in [2.45, 2.75) is 52.6 Å². The lowest BCUT2D eigenvalue weighted by Gasteiger charge is -2.26. The van der Waals surface area contributed by atoms with Crippen LogP contribution in [0.25, 0.3) is 0 Å². The summed E-state index contributed by atoms with van der Waals surface area (Å²) in [7, 11) is 0. The number of hydrogen-bond donors (Lipinski definition) is 0. The van der Waals surface area contributed by atoms with Crippen LogP contribution in [-0.4, -0.2) is 18.3 Å². The van der Waals surface area contributed by atoms with Gasteiger partial charge in [-0.15, -0.1) is 0 Å². The van der Waals surface area contributed by atoms with Crippen molar-refractivity contribution in [3.63, 3.8) is 0 Å². The quantitative estimate of drug-likeness (QED) is 0.368. The summed E-state index contributed by atoms with van der Waals surface area (Å²) in [6.07, 6.45) is 6.44. The fraction of sp³-hybridized carbons (Fsp3) is 0.818. The van der Waals surface area contributed by atoms with Gasteiger partial charge in [0.15, 0.2) is 6.17 Å². The molecule has 84 valence electrons. The van der Waals surface area contributed by atoms with E-state index in [0.717, 1.165) is 25.7 Å². The van der Waals surface area contributed by atoms with Crippen LogP contribution in [-0.2, 0) is 9.59 Å². The summed E-state index contributed by atoms with van der Waals surface area (Å²) < 4.78 is 0. The van der Waals surface area contributed by atoms with Crippen LogP contribution < -0.4 is 0 Å². The zero-order valence-corrected chi connectivity index (χ0v) is 9.62. The first-order valence-electron chi connectivity index (χ1n) is 5.22. The SMILES string of the molecule is CCCCCC(C)(C)C(N=C=O)N=C=O. The van der Waals surface area contributed by atoms with Crippen LogP contribution in [0.1, 0.15) is 46.5 Å². The summed E-state index contributed by atoms with van der Waals surface area (Å²) in [5.74, 6) is 0. The van der Waals surface area contributed by atoms with Crippen molar-refractivity contribution >= 4 is 12.2 Å². The highest BCUT2D eigenvalue weighted by Gasteiger charge is 2.28. The molecule has 0 aromatic rings. The molecule has 0 N–H and O–H groups in total. The molecular weight excluding hydrogens is 192 g/mol. The van der Waals surface area contributed by atoms with Gasteiger partial charge in [-0.05, 0) is 6.42 Å². The van der Waals surface area contributed by atoms with Crippen LogP contribution in [0.4, 0.5) is 0 Å². The number of unbranched alkanes of at least 4 members (excludes halogenated alkanes) is 2. The topological polar surface area (TPSA) is 58.9 Å². The average Bonchev–Trinajstić information content (AvgIpc) is 2.18. The Morgan fingerprint density at radius 3 is 2.07 bits per heavy atom. The molecule has 4 nitrogen and oxygen atoms in total. The Bertz CT molecular complexity index is 256. The highest BCUT2D eigenvalue weighted by molar-refractivity contribution is 5.37. The van der Waals surface area contributed by atoms with Gasteiger partial charge < -0.3 is 0 Å². The fourth-order valence-electron chi connectivity index (χ4n) is 1.44. The Labute approximate surface area is 90.5 Å². The summed E-state index contributed by atoms with van der Waals surface area (Å²) >= 11 is 0. The third-order valence-electron chi connectivity index (χ3n) is 2.47. The zero-order valence-electron chi connectivity index (χ0n) is 9.62. The zero-order chi connectivity index (χ0) is 11.7. The maximum absolute atomic E-state index is 10.2. The summed E-state index contributed by atoms with van der Waals surface area (Å²) in [6.45, 7) is 6.00. The lowest BCUT2D eigenvalue weighted by molar-refractivity contribution is 0.260. The van der Waals surface area contributed by atoms with Crippen molar-refractivity contribution in [2.24, 2.45) is 15.4 Å². The van der Waals surface area contributed by atoms with E-state index < -0.39 is 6.17 Å². The van der Waals surface area contributed by atoms with Crippen LogP contribution in [0.15, 0.2) is 9.98 Å². The van der Waals surface area contributed by atoms with Crippen LogP contribution in [0.3, 0.4) is 0 Å². The Kier molecular flexibility index (Phi) is 6.52. The van der Waals surface area contributed by atoms with Crippen molar-refractivity contribution in [1.82, 2.24) is 0 Å². The number of aliphatic imine (C=N–C) groups is 2. The molecule has 0 fully saturated rings. The predicted octanol–water partition coefficient (Wildman–Crippen LogP) is 2.59. The standard InChI is InChI=1S/C11H18N2O2/c1-4-5-6-7-11(2,3)10(12-8-14)13-9-15/h10H,4-7H2,1-3H3. The fourth-order valence-corrected chi connectivity index (χ4v) is 1.44. The van der Waals surface area contributed by atoms with Crippen molar-refractivity contribution in [2.75, 3.05) is 0 Å². The van der Waals surface area contributed by atoms with E-state index in [2.05, 4.69) is 16.9 Å². The Morgan fingerprint density at radius 1 is 1.13 bits per heavy atom. The molecule has 0 saturated carbocycles. The second-order valence-corrected chi connectivity index (χ2v) is 4.26. The van der Waals surface area contributed by atoms with E-state index in [1.54, 1.807) is 0 Å². The van der Waals surface area contributed by atoms with Crippen molar-refractivity contribution in [3.05, 3.63) is 0 Å². The minimum Gasteiger partial charge on any atom is -0.211 e. The molecule has 0 amide bonds. The van der Waals surface area contributed by atoms with Crippen LogP contribution in [0.5, 0.6) is 0 Å². The van der Waals surface area contributed by atoms with Crippen LogP contribution in [0, 0.1) is 5.41 Å². The van der Waals surface area contributed by atoms with Gasteiger partial charge in [-0.3, -0.25) is 0 Å². The molecule has 0 bridgehead atoms.